The third-order valence-electron chi connectivity index (χ3n) is 8.84. The van der Waals surface area contributed by atoms with Gasteiger partial charge in [0.05, 0.1) is 35.5 Å². The quantitative estimate of drug-likeness (QED) is 0.0649. The summed E-state index contributed by atoms with van der Waals surface area (Å²) in [4.78, 5) is 55.0. The standard InChI is InChI=1S/C41H46O10Si/c1-41(2,3)52(5,6)47-28-34(49-38(43)30-21-13-8-14-22-30)36(51-40(45)32-25-17-10-18-26-32)35(50-39(44)31-23-15-9-16-24-31)33(27-46-4)48-37(42)29-19-11-7-12-20-29/h7-26,33-36H,27-28H2,1-6H3/t33-,34-,35-,36-/m1/s1. The minimum absolute atomic E-state index is 0.182. The lowest BCUT2D eigenvalue weighted by molar-refractivity contribution is -0.138. The molecule has 4 atom stereocenters. The van der Waals surface area contributed by atoms with Crippen LogP contribution >= 0.6 is 0 Å². The smallest absolute Gasteiger partial charge is 0.338 e. The number of rotatable bonds is 16. The first-order valence-corrected chi connectivity index (χ1v) is 19.9. The van der Waals surface area contributed by atoms with Crippen molar-refractivity contribution in [3.63, 3.8) is 0 Å². The first-order valence-electron chi connectivity index (χ1n) is 17.0. The first-order chi connectivity index (χ1) is 24.8. The molecule has 274 valence electrons. The monoisotopic (exact) mass is 726 g/mol. The van der Waals surface area contributed by atoms with Crippen molar-refractivity contribution in [1.29, 1.82) is 0 Å². The normalized spacial score (nSPS) is 13.9. The van der Waals surface area contributed by atoms with Gasteiger partial charge in [0, 0.05) is 7.11 Å². The average Bonchev–Trinajstić information content (AvgIpc) is 3.15. The Balaban J connectivity index is 1.87. The molecule has 0 bridgehead atoms. The fourth-order valence-electron chi connectivity index (χ4n) is 4.86. The highest BCUT2D eigenvalue weighted by Gasteiger charge is 2.47. The SMILES string of the molecule is COC[C@@H](OC(=O)c1ccccc1)[C@@H](OC(=O)c1ccccc1)[C@H](OC(=O)c1ccccc1)[C@@H](CO[Si](C)(C)C(C)(C)C)OC(=O)c1ccccc1. The highest BCUT2D eigenvalue weighted by molar-refractivity contribution is 6.74. The minimum Gasteiger partial charge on any atom is -0.452 e. The molecule has 52 heavy (non-hydrogen) atoms. The second-order valence-electron chi connectivity index (χ2n) is 13.6. The summed E-state index contributed by atoms with van der Waals surface area (Å²) >= 11 is 0. The number of esters is 4. The molecular weight excluding hydrogens is 681 g/mol. The topological polar surface area (TPSA) is 124 Å². The summed E-state index contributed by atoms with van der Waals surface area (Å²) in [6, 6.07) is 32.9. The van der Waals surface area contributed by atoms with Gasteiger partial charge in [-0.15, -0.1) is 0 Å². The molecule has 0 heterocycles. The Bertz CT molecular complexity index is 1740. The Morgan fingerprint density at radius 1 is 0.500 bits per heavy atom. The van der Waals surface area contributed by atoms with Gasteiger partial charge >= 0.3 is 23.9 Å². The Morgan fingerprint density at radius 2 is 0.788 bits per heavy atom. The fraction of sp³-hybridized carbons (Fsp3) is 0.317. The van der Waals surface area contributed by atoms with E-state index < -0.39 is 56.6 Å². The molecule has 4 aromatic rings. The van der Waals surface area contributed by atoms with Crippen LogP contribution in [0.15, 0.2) is 121 Å². The zero-order chi connectivity index (χ0) is 37.7. The van der Waals surface area contributed by atoms with E-state index in [4.69, 9.17) is 28.1 Å². The van der Waals surface area contributed by atoms with Crippen molar-refractivity contribution >= 4 is 32.2 Å². The maximum absolute atomic E-state index is 13.9. The first kappa shape index (κ1) is 39.7. The number of carbonyl (C=O) groups excluding carboxylic acids is 4. The molecule has 0 amide bonds. The molecule has 0 saturated heterocycles. The molecule has 0 N–H and O–H groups in total. The van der Waals surface area contributed by atoms with Gasteiger partial charge in [0.25, 0.3) is 0 Å². The zero-order valence-corrected chi connectivity index (χ0v) is 31.4. The van der Waals surface area contributed by atoms with Crippen molar-refractivity contribution in [2.24, 2.45) is 0 Å². The van der Waals surface area contributed by atoms with Gasteiger partial charge in [0.15, 0.2) is 32.7 Å². The lowest BCUT2D eigenvalue weighted by Gasteiger charge is -2.40. The lowest BCUT2D eigenvalue weighted by atomic mass is 10.0. The van der Waals surface area contributed by atoms with Gasteiger partial charge in [-0.2, -0.15) is 0 Å². The third-order valence-corrected chi connectivity index (χ3v) is 13.3. The summed E-state index contributed by atoms with van der Waals surface area (Å²) in [5.41, 5.74) is 0.822. The summed E-state index contributed by atoms with van der Waals surface area (Å²) < 4.78 is 36.5. The van der Waals surface area contributed by atoms with Gasteiger partial charge in [-0.05, 0) is 66.7 Å². The van der Waals surface area contributed by atoms with Gasteiger partial charge in [-0.3, -0.25) is 0 Å². The lowest BCUT2D eigenvalue weighted by Crippen LogP contribution is -2.55. The van der Waals surface area contributed by atoms with E-state index in [9.17, 15) is 19.2 Å². The molecule has 0 spiro atoms. The van der Waals surface area contributed by atoms with Crippen LogP contribution in [0.3, 0.4) is 0 Å². The average molecular weight is 727 g/mol. The predicted octanol–water partition coefficient (Wildman–Crippen LogP) is 7.56. The Labute approximate surface area is 306 Å². The second kappa shape index (κ2) is 18.4. The summed E-state index contributed by atoms with van der Waals surface area (Å²) in [7, 11) is -1.14. The molecular formula is C41H46O10Si. The van der Waals surface area contributed by atoms with Crippen molar-refractivity contribution < 1.29 is 47.3 Å². The van der Waals surface area contributed by atoms with E-state index in [0.717, 1.165) is 0 Å². The van der Waals surface area contributed by atoms with Crippen molar-refractivity contribution in [2.45, 2.75) is 63.3 Å². The molecule has 0 fully saturated rings. The third kappa shape index (κ3) is 10.9. The van der Waals surface area contributed by atoms with Crippen LogP contribution in [-0.2, 0) is 28.1 Å². The van der Waals surface area contributed by atoms with E-state index in [0.29, 0.717) is 0 Å². The van der Waals surface area contributed by atoms with E-state index in [2.05, 4.69) is 20.8 Å². The summed E-state index contributed by atoms with van der Waals surface area (Å²) in [6.45, 7) is 9.69. The molecule has 4 rings (SSSR count). The van der Waals surface area contributed by atoms with E-state index in [1.807, 2.05) is 13.1 Å². The number of ether oxygens (including phenoxy) is 5. The van der Waals surface area contributed by atoms with Crippen LogP contribution in [0, 0.1) is 0 Å². The molecule has 0 saturated carbocycles. The number of hydrogen-bond acceptors (Lipinski definition) is 10. The zero-order valence-electron chi connectivity index (χ0n) is 30.4. The van der Waals surface area contributed by atoms with Crippen LogP contribution in [-0.4, -0.2) is 76.9 Å². The van der Waals surface area contributed by atoms with E-state index >= 15 is 0 Å². The molecule has 0 radical (unpaired) electrons. The van der Waals surface area contributed by atoms with Crippen molar-refractivity contribution in [1.82, 2.24) is 0 Å². The number of carbonyl (C=O) groups is 4. The van der Waals surface area contributed by atoms with Crippen LogP contribution in [0.1, 0.15) is 62.2 Å². The predicted molar refractivity (Wildman–Crippen MR) is 198 cm³/mol. The van der Waals surface area contributed by atoms with Crippen molar-refractivity contribution in [2.75, 3.05) is 20.3 Å². The van der Waals surface area contributed by atoms with Gasteiger partial charge in [0.1, 0.15) is 0 Å². The molecule has 0 aliphatic rings. The highest BCUT2D eigenvalue weighted by Crippen LogP contribution is 2.37. The highest BCUT2D eigenvalue weighted by atomic mass is 28.4. The van der Waals surface area contributed by atoms with Crippen LogP contribution in [0.25, 0.3) is 0 Å². The Kier molecular flexibility index (Phi) is 14.0. The Morgan fingerprint density at radius 3 is 1.08 bits per heavy atom. The summed E-state index contributed by atoms with van der Waals surface area (Å²) in [5.74, 6) is -3.08. The van der Waals surface area contributed by atoms with Crippen LogP contribution in [0.4, 0.5) is 0 Å². The summed E-state index contributed by atoms with van der Waals surface area (Å²) in [6.07, 6.45) is -5.85. The Hall–Kier alpha value is -5.10. The maximum atomic E-state index is 13.9. The van der Waals surface area contributed by atoms with Crippen LogP contribution in [0.2, 0.25) is 18.1 Å². The fourth-order valence-corrected chi connectivity index (χ4v) is 5.88. The molecule has 0 unspecified atom stereocenters. The van der Waals surface area contributed by atoms with E-state index in [1.165, 1.54) is 7.11 Å². The molecule has 4 aromatic carbocycles. The van der Waals surface area contributed by atoms with Crippen molar-refractivity contribution in [3.05, 3.63) is 144 Å². The largest absolute Gasteiger partial charge is 0.452 e. The number of benzene rings is 4. The maximum Gasteiger partial charge on any atom is 0.338 e. The summed E-state index contributed by atoms with van der Waals surface area (Å²) in [5, 5.41) is -0.250. The van der Waals surface area contributed by atoms with E-state index in [1.54, 1.807) is 121 Å². The van der Waals surface area contributed by atoms with Gasteiger partial charge in [-0.1, -0.05) is 93.6 Å². The van der Waals surface area contributed by atoms with Crippen molar-refractivity contribution in [3.8, 4) is 0 Å². The van der Waals surface area contributed by atoms with Gasteiger partial charge < -0.3 is 28.1 Å². The number of methoxy groups -OCH3 is 1. The van der Waals surface area contributed by atoms with Crippen LogP contribution in [0.5, 0.6) is 0 Å². The second-order valence-corrected chi connectivity index (χ2v) is 18.4. The number of hydrogen-bond donors (Lipinski definition) is 0. The van der Waals surface area contributed by atoms with E-state index in [-0.39, 0.29) is 40.5 Å². The van der Waals surface area contributed by atoms with Gasteiger partial charge in [0.2, 0.25) is 0 Å². The molecule has 11 heteroatoms. The van der Waals surface area contributed by atoms with Crippen LogP contribution < -0.4 is 0 Å². The minimum atomic E-state index is -2.53. The molecule has 10 nitrogen and oxygen atoms in total. The molecule has 0 aliphatic carbocycles. The molecule has 0 aliphatic heterocycles. The van der Waals surface area contributed by atoms with Gasteiger partial charge in [-0.25, -0.2) is 19.2 Å². The molecule has 0 aromatic heterocycles.